The van der Waals surface area contributed by atoms with Gasteiger partial charge in [-0.25, -0.2) is 18.8 Å². The van der Waals surface area contributed by atoms with E-state index in [1.165, 1.54) is 17.8 Å². The van der Waals surface area contributed by atoms with E-state index in [9.17, 15) is 4.39 Å². The van der Waals surface area contributed by atoms with Crippen LogP contribution < -0.4 is 15.4 Å². The van der Waals surface area contributed by atoms with E-state index in [0.29, 0.717) is 33.8 Å². The van der Waals surface area contributed by atoms with Crippen molar-refractivity contribution in [1.29, 1.82) is 5.53 Å². The Morgan fingerprint density at radius 1 is 1.34 bits per heavy atom. The quantitative estimate of drug-likeness (QED) is 0.371. The van der Waals surface area contributed by atoms with Crippen LogP contribution in [0.15, 0.2) is 29.5 Å². The van der Waals surface area contributed by atoms with Gasteiger partial charge in [0.15, 0.2) is 5.82 Å². The molecule has 2 aromatic heterocycles. The number of hydrogen-bond donors (Lipinski definition) is 3. The molecule has 1 aromatic carbocycles. The normalized spacial score (nSPS) is 18.3. The standard InChI is InChI=1S/C24H29F2N7O2/c1-14(10-25)28-19-9-15(3-4-18(19)31-27)20-17(26)11-33-21(20)22(34-2)30-23(32-33)29-16-5-7-24(8-6-16)12-35-13-24/h3-4,9,11,14,16,27-28H,5-8,10,12-13H2,1-2H3,(H,29,32)/t14-/m1/s1. The minimum Gasteiger partial charge on any atom is -0.479 e. The summed E-state index contributed by atoms with van der Waals surface area (Å²) in [6, 6.07) is 4.64. The van der Waals surface area contributed by atoms with Gasteiger partial charge in [0.2, 0.25) is 11.8 Å². The minimum absolute atomic E-state index is 0.232. The summed E-state index contributed by atoms with van der Waals surface area (Å²) < 4.78 is 40.7. The molecular formula is C24H29F2N7O2. The Hall–Kier alpha value is -3.34. The zero-order valence-corrected chi connectivity index (χ0v) is 19.8. The topological polar surface area (TPSA) is 109 Å². The van der Waals surface area contributed by atoms with Gasteiger partial charge in [0, 0.05) is 11.5 Å². The van der Waals surface area contributed by atoms with E-state index in [2.05, 4.69) is 25.8 Å². The van der Waals surface area contributed by atoms with Crippen molar-refractivity contribution >= 4 is 22.8 Å². The van der Waals surface area contributed by atoms with Crippen molar-refractivity contribution in [2.45, 2.75) is 44.7 Å². The predicted octanol–water partition coefficient (Wildman–Crippen LogP) is 5.35. The molecule has 11 heteroatoms. The highest BCUT2D eigenvalue weighted by molar-refractivity contribution is 5.88. The molecule has 3 aromatic rings. The van der Waals surface area contributed by atoms with E-state index in [4.69, 9.17) is 15.0 Å². The molecule has 2 aliphatic rings. The number of halogens is 2. The zero-order valence-electron chi connectivity index (χ0n) is 19.8. The lowest BCUT2D eigenvalue weighted by Gasteiger charge is -2.46. The van der Waals surface area contributed by atoms with Crippen molar-refractivity contribution < 1.29 is 18.3 Å². The van der Waals surface area contributed by atoms with Gasteiger partial charge in [0.1, 0.15) is 17.9 Å². The van der Waals surface area contributed by atoms with Crippen LogP contribution in [0.4, 0.5) is 26.1 Å². The van der Waals surface area contributed by atoms with Crippen molar-refractivity contribution in [1.82, 2.24) is 14.6 Å². The number of nitrogens with zero attached hydrogens (tertiary/aromatic N) is 4. The van der Waals surface area contributed by atoms with Gasteiger partial charge in [-0.2, -0.15) is 10.1 Å². The number of alkyl halides is 1. The Labute approximate surface area is 201 Å². The van der Waals surface area contributed by atoms with Crippen LogP contribution in [0.1, 0.15) is 32.6 Å². The summed E-state index contributed by atoms with van der Waals surface area (Å²) in [5.74, 6) is 0.116. The van der Waals surface area contributed by atoms with Crippen LogP contribution in [0.25, 0.3) is 16.6 Å². The maximum atomic E-state index is 15.3. The molecule has 0 amide bonds. The Bertz CT molecular complexity index is 1230. The smallest absolute Gasteiger partial charge is 0.244 e. The molecule has 0 unspecified atom stereocenters. The van der Waals surface area contributed by atoms with Crippen LogP contribution in [0, 0.1) is 16.8 Å². The predicted molar refractivity (Wildman–Crippen MR) is 128 cm³/mol. The van der Waals surface area contributed by atoms with Crippen molar-refractivity contribution in [2.75, 3.05) is 37.6 Å². The third-order valence-electron chi connectivity index (χ3n) is 6.98. The summed E-state index contributed by atoms with van der Waals surface area (Å²) in [6.45, 7) is 2.77. The fourth-order valence-electron chi connectivity index (χ4n) is 4.94. The summed E-state index contributed by atoms with van der Waals surface area (Å²) in [5, 5.41) is 14.4. The fourth-order valence-corrected chi connectivity index (χ4v) is 4.94. The average molecular weight is 486 g/mol. The Kier molecular flexibility index (Phi) is 6.26. The third-order valence-corrected chi connectivity index (χ3v) is 6.98. The van der Waals surface area contributed by atoms with E-state index in [-0.39, 0.29) is 17.5 Å². The molecule has 3 heterocycles. The third kappa shape index (κ3) is 4.40. The van der Waals surface area contributed by atoms with E-state index in [1.54, 1.807) is 25.1 Å². The molecule has 5 rings (SSSR count). The van der Waals surface area contributed by atoms with Gasteiger partial charge in [-0.1, -0.05) is 6.07 Å². The van der Waals surface area contributed by atoms with Crippen molar-refractivity contribution in [3.63, 3.8) is 0 Å². The maximum Gasteiger partial charge on any atom is 0.244 e. The van der Waals surface area contributed by atoms with Gasteiger partial charge in [0.05, 0.1) is 43.8 Å². The highest BCUT2D eigenvalue weighted by Crippen LogP contribution is 2.43. The second-order valence-electron chi connectivity index (χ2n) is 9.54. The second kappa shape index (κ2) is 9.37. The lowest BCUT2D eigenvalue weighted by atomic mass is 9.71. The van der Waals surface area contributed by atoms with Crippen molar-refractivity contribution in [3.8, 4) is 17.0 Å². The van der Waals surface area contributed by atoms with E-state index >= 15 is 4.39 Å². The first-order valence-corrected chi connectivity index (χ1v) is 11.8. The maximum absolute atomic E-state index is 15.3. The highest BCUT2D eigenvalue weighted by atomic mass is 19.1. The summed E-state index contributed by atoms with van der Waals surface area (Å²) in [7, 11) is 1.49. The molecule has 1 aliphatic heterocycles. The molecule has 1 saturated heterocycles. The van der Waals surface area contributed by atoms with Crippen LogP contribution in [0.5, 0.6) is 5.88 Å². The summed E-state index contributed by atoms with van der Waals surface area (Å²) in [5.41, 5.74) is 9.65. The first-order chi connectivity index (χ1) is 16.9. The van der Waals surface area contributed by atoms with Crippen LogP contribution >= 0.6 is 0 Å². The first kappa shape index (κ1) is 23.4. The molecule has 9 nitrogen and oxygen atoms in total. The number of aromatic nitrogens is 3. The Morgan fingerprint density at radius 3 is 2.74 bits per heavy atom. The molecule has 0 radical (unpaired) electrons. The summed E-state index contributed by atoms with van der Waals surface area (Å²) in [6.07, 6.45) is 5.49. The van der Waals surface area contributed by atoms with Crippen molar-refractivity contribution in [3.05, 3.63) is 30.2 Å². The van der Waals surface area contributed by atoms with Crippen molar-refractivity contribution in [2.24, 2.45) is 10.5 Å². The number of hydrogen-bond acceptors (Lipinski definition) is 8. The number of ether oxygens (including phenoxy) is 2. The molecule has 1 atom stereocenters. The molecule has 0 bridgehead atoms. The van der Waals surface area contributed by atoms with Gasteiger partial charge in [-0.05, 0) is 50.3 Å². The van der Waals surface area contributed by atoms with E-state index in [0.717, 1.165) is 38.9 Å². The number of methoxy groups -OCH3 is 1. The number of anilines is 2. The molecule has 2 fully saturated rings. The zero-order chi connectivity index (χ0) is 24.6. The van der Waals surface area contributed by atoms with E-state index < -0.39 is 18.5 Å². The lowest BCUT2D eigenvalue weighted by molar-refractivity contribution is -0.131. The van der Waals surface area contributed by atoms with Crippen LogP contribution in [-0.4, -0.2) is 53.7 Å². The summed E-state index contributed by atoms with van der Waals surface area (Å²) >= 11 is 0. The summed E-state index contributed by atoms with van der Waals surface area (Å²) in [4.78, 5) is 4.53. The van der Waals surface area contributed by atoms with Gasteiger partial charge >= 0.3 is 0 Å². The van der Waals surface area contributed by atoms with E-state index in [1.807, 2.05) is 0 Å². The number of rotatable bonds is 8. The Morgan fingerprint density at radius 2 is 2.11 bits per heavy atom. The average Bonchev–Trinajstić information content (AvgIpc) is 3.18. The van der Waals surface area contributed by atoms with Gasteiger partial charge in [-0.3, -0.25) is 0 Å². The molecule has 3 N–H and O–H groups in total. The minimum atomic E-state index is -0.599. The number of nitrogens with one attached hydrogen (secondary N) is 3. The van der Waals surface area contributed by atoms with Crippen LogP contribution in [-0.2, 0) is 4.74 Å². The molecule has 1 aliphatic carbocycles. The fraction of sp³-hybridized carbons (Fsp3) is 0.500. The van der Waals surface area contributed by atoms with Crippen LogP contribution in [0.2, 0.25) is 0 Å². The Balaban J connectivity index is 1.47. The molecular weight excluding hydrogens is 456 g/mol. The molecule has 1 saturated carbocycles. The largest absolute Gasteiger partial charge is 0.479 e. The van der Waals surface area contributed by atoms with Gasteiger partial charge in [-0.15, -0.1) is 5.10 Å². The van der Waals surface area contributed by atoms with Gasteiger partial charge in [0.25, 0.3) is 0 Å². The molecule has 186 valence electrons. The first-order valence-electron chi connectivity index (χ1n) is 11.8. The number of benzene rings is 1. The van der Waals surface area contributed by atoms with Gasteiger partial charge < -0.3 is 20.1 Å². The monoisotopic (exact) mass is 485 g/mol. The number of fused-ring (bicyclic) bond motifs is 1. The molecule has 35 heavy (non-hydrogen) atoms. The SMILES string of the molecule is COc1nc(NC2CCC3(CC2)COC3)nn2cc(F)c(-c3ccc(N=N)c(N[C@H](C)CF)c3)c12. The highest BCUT2D eigenvalue weighted by Gasteiger charge is 2.41. The lowest BCUT2D eigenvalue weighted by Crippen LogP contribution is -2.47. The molecule has 1 spiro atoms. The van der Waals surface area contributed by atoms with Crippen LogP contribution in [0.3, 0.4) is 0 Å². The second-order valence-corrected chi connectivity index (χ2v) is 9.54.